The summed E-state index contributed by atoms with van der Waals surface area (Å²) in [4.78, 5) is 18.5. The second-order valence-corrected chi connectivity index (χ2v) is 8.21. The van der Waals surface area contributed by atoms with Crippen LogP contribution in [0.4, 0.5) is 13.2 Å². The maximum Gasteiger partial charge on any atom is 0.333 e. The topological polar surface area (TPSA) is 78.6 Å². The molecule has 0 amide bonds. The zero-order chi connectivity index (χ0) is 24.2. The first-order chi connectivity index (χ1) is 16.3. The number of alkyl halides is 2. The first-order valence-corrected chi connectivity index (χ1v) is 11.0. The molecule has 0 spiro atoms. The third-order valence-corrected chi connectivity index (χ3v) is 5.69. The first-order valence-electron chi connectivity index (χ1n) is 10.7. The summed E-state index contributed by atoms with van der Waals surface area (Å²) in [5.41, 5.74) is 3.39. The van der Waals surface area contributed by atoms with Gasteiger partial charge in [0, 0.05) is 42.1 Å². The van der Waals surface area contributed by atoms with E-state index in [1.165, 1.54) is 24.5 Å². The summed E-state index contributed by atoms with van der Waals surface area (Å²) in [6, 6.07) is 6.01. The number of fused-ring (bicyclic) bond motifs is 1. The van der Waals surface area contributed by atoms with Crippen LogP contribution in [0.5, 0.6) is 0 Å². The van der Waals surface area contributed by atoms with E-state index < -0.39 is 12.4 Å². The molecular formula is C23H22ClF3N6O. The lowest BCUT2D eigenvalue weighted by molar-refractivity contribution is 0.0566. The number of nitrogens with zero attached hydrogens (tertiary/aromatic N) is 6. The van der Waals surface area contributed by atoms with Gasteiger partial charge in [0.1, 0.15) is 22.9 Å². The molecule has 178 valence electrons. The van der Waals surface area contributed by atoms with Crippen LogP contribution < -0.4 is 0 Å². The minimum absolute atomic E-state index is 0.172. The first kappa shape index (κ1) is 24.0. The van der Waals surface area contributed by atoms with Gasteiger partial charge in [-0.3, -0.25) is 0 Å². The lowest BCUT2D eigenvalue weighted by Crippen LogP contribution is -2.17. The van der Waals surface area contributed by atoms with Crippen LogP contribution >= 0.6 is 11.6 Å². The second-order valence-electron chi connectivity index (χ2n) is 7.77. The monoisotopic (exact) mass is 490 g/mol. The van der Waals surface area contributed by atoms with Gasteiger partial charge in [-0.15, -0.1) is 0 Å². The van der Waals surface area contributed by atoms with Crippen LogP contribution in [0.3, 0.4) is 0 Å². The lowest BCUT2D eigenvalue weighted by Gasteiger charge is -2.21. The van der Waals surface area contributed by atoms with Crippen molar-refractivity contribution in [1.29, 1.82) is 0 Å². The fourth-order valence-electron chi connectivity index (χ4n) is 3.53. The molecule has 1 aliphatic heterocycles. The minimum Gasteiger partial charge on any atom is -0.381 e. The van der Waals surface area contributed by atoms with E-state index in [9.17, 15) is 13.2 Å². The number of hydrogen-bond donors (Lipinski definition) is 0. The molecule has 5 rings (SSSR count). The Morgan fingerprint density at radius 2 is 1.79 bits per heavy atom. The Morgan fingerprint density at radius 1 is 1.06 bits per heavy atom. The highest BCUT2D eigenvalue weighted by Gasteiger charge is 2.23. The van der Waals surface area contributed by atoms with E-state index in [1.54, 1.807) is 12.1 Å². The lowest BCUT2D eigenvalue weighted by atomic mass is 9.99. The molecule has 0 bridgehead atoms. The Kier molecular flexibility index (Phi) is 7.38. The molecule has 3 aromatic heterocycles. The van der Waals surface area contributed by atoms with Crippen molar-refractivity contribution >= 4 is 22.8 Å². The molecule has 0 radical (unpaired) electrons. The molecule has 4 heterocycles. The molecule has 1 aliphatic rings. The van der Waals surface area contributed by atoms with Gasteiger partial charge in [-0.1, -0.05) is 11.6 Å². The average Bonchev–Trinajstić information content (AvgIpc) is 3.36. The van der Waals surface area contributed by atoms with Crippen molar-refractivity contribution in [2.75, 3.05) is 13.2 Å². The van der Waals surface area contributed by atoms with Crippen LogP contribution in [0.15, 0.2) is 36.7 Å². The molecule has 34 heavy (non-hydrogen) atoms. The minimum atomic E-state index is -2.51. The van der Waals surface area contributed by atoms with E-state index in [1.807, 2.05) is 13.8 Å². The largest absolute Gasteiger partial charge is 0.381 e. The highest BCUT2D eigenvalue weighted by molar-refractivity contribution is 6.30. The SMILES string of the molecule is Cc1nc2nc(C3CCOCC3)nc(-c3ccc(Cl)cc3F)c2nc1C.FC(F)n1cccn1. The highest BCUT2D eigenvalue weighted by atomic mass is 35.5. The van der Waals surface area contributed by atoms with Crippen molar-refractivity contribution in [2.45, 2.75) is 39.2 Å². The normalized spacial score (nSPS) is 14.3. The number of aryl methyl sites for hydroxylation is 2. The number of ether oxygens (including phenoxy) is 1. The van der Waals surface area contributed by atoms with Crippen LogP contribution in [0, 0.1) is 19.7 Å². The quantitative estimate of drug-likeness (QED) is 0.368. The molecular weight excluding hydrogens is 469 g/mol. The van der Waals surface area contributed by atoms with E-state index in [0.29, 0.717) is 51.2 Å². The molecule has 0 N–H and O–H groups in total. The molecule has 11 heteroatoms. The van der Waals surface area contributed by atoms with Crippen molar-refractivity contribution in [1.82, 2.24) is 29.7 Å². The summed E-state index contributed by atoms with van der Waals surface area (Å²) in [6.07, 6.45) is 4.20. The number of halogens is 4. The van der Waals surface area contributed by atoms with Crippen molar-refractivity contribution < 1.29 is 17.9 Å². The van der Waals surface area contributed by atoms with Gasteiger partial charge in [-0.2, -0.15) is 13.9 Å². The zero-order valence-corrected chi connectivity index (χ0v) is 19.3. The van der Waals surface area contributed by atoms with E-state index in [0.717, 1.165) is 24.2 Å². The Hall–Kier alpha value is -3.11. The smallest absolute Gasteiger partial charge is 0.333 e. The summed E-state index contributed by atoms with van der Waals surface area (Å²) >= 11 is 5.91. The zero-order valence-electron chi connectivity index (χ0n) is 18.6. The molecule has 4 aromatic rings. The third-order valence-electron chi connectivity index (χ3n) is 5.46. The Morgan fingerprint density at radius 3 is 2.41 bits per heavy atom. The molecule has 0 aliphatic carbocycles. The number of rotatable bonds is 3. The van der Waals surface area contributed by atoms with Gasteiger partial charge in [0.2, 0.25) is 0 Å². The van der Waals surface area contributed by atoms with Gasteiger partial charge >= 0.3 is 6.55 Å². The summed E-state index contributed by atoms with van der Waals surface area (Å²) < 4.78 is 43.6. The van der Waals surface area contributed by atoms with Gasteiger partial charge < -0.3 is 4.74 Å². The van der Waals surface area contributed by atoms with E-state index in [-0.39, 0.29) is 5.92 Å². The summed E-state index contributed by atoms with van der Waals surface area (Å²) in [5.74, 6) is 0.406. The van der Waals surface area contributed by atoms with Gasteiger partial charge in [0.15, 0.2) is 5.65 Å². The predicted octanol–water partition coefficient (Wildman–Crippen LogP) is 5.67. The third kappa shape index (κ3) is 5.34. The molecule has 0 saturated carbocycles. The maximum absolute atomic E-state index is 14.6. The maximum atomic E-state index is 14.6. The number of aromatic nitrogens is 6. The van der Waals surface area contributed by atoms with Crippen LogP contribution in [0.2, 0.25) is 5.02 Å². The van der Waals surface area contributed by atoms with Crippen LogP contribution in [0.25, 0.3) is 22.4 Å². The van der Waals surface area contributed by atoms with Crippen molar-refractivity contribution in [3.8, 4) is 11.3 Å². The van der Waals surface area contributed by atoms with Crippen LogP contribution in [-0.4, -0.2) is 42.9 Å². The van der Waals surface area contributed by atoms with Crippen molar-refractivity contribution in [3.05, 3.63) is 64.7 Å². The van der Waals surface area contributed by atoms with E-state index in [4.69, 9.17) is 21.3 Å². The molecule has 0 unspecified atom stereocenters. The highest BCUT2D eigenvalue weighted by Crippen LogP contribution is 2.32. The summed E-state index contributed by atoms with van der Waals surface area (Å²) in [7, 11) is 0. The molecule has 1 aromatic carbocycles. The van der Waals surface area contributed by atoms with Crippen LogP contribution in [0.1, 0.15) is 42.5 Å². The van der Waals surface area contributed by atoms with E-state index >= 15 is 0 Å². The fourth-order valence-corrected chi connectivity index (χ4v) is 3.69. The van der Waals surface area contributed by atoms with Crippen LogP contribution in [-0.2, 0) is 4.74 Å². The summed E-state index contributed by atoms with van der Waals surface area (Å²) in [6.45, 7) is 2.60. The Bertz CT molecular complexity index is 1280. The van der Waals surface area contributed by atoms with Gasteiger partial charge in [-0.25, -0.2) is 29.0 Å². The number of hydrogen-bond acceptors (Lipinski definition) is 6. The molecule has 1 fully saturated rings. The Balaban J connectivity index is 0.000000291. The fraction of sp³-hybridized carbons (Fsp3) is 0.348. The molecule has 7 nitrogen and oxygen atoms in total. The van der Waals surface area contributed by atoms with Crippen molar-refractivity contribution in [2.24, 2.45) is 0 Å². The summed E-state index contributed by atoms with van der Waals surface area (Å²) in [5, 5.41) is 3.62. The number of benzene rings is 1. The molecule has 0 atom stereocenters. The predicted molar refractivity (Wildman–Crippen MR) is 121 cm³/mol. The Labute approximate surface area is 199 Å². The van der Waals surface area contributed by atoms with E-state index in [2.05, 4.69) is 20.1 Å². The second kappa shape index (κ2) is 10.4. The van der Waals surface area contributed by atoms with Crippen molar-refractivity contribution in [3.63, 3.8) is 0 Å². The van der Waals surface area contributed by atoms with Gasteiger partial charge in [-0.05, 0) is 51.0 Å². The molecule has 1 saturated heterocycles. The average molecular weight is 491 g/mol. The van der Waals surface area contributed by atoms with Gasteiger partial charge in [0.25, 0.3) is 0 Å². The standard InChI is InChI=1S/C19H18ClFN4O.C4H4F2N2/c1-10-11(2)23-19-17(22-10)16(14-4-3-13(20)9-15(14)21)24-18(25-19)12-5-7-26-8-6-12;5-4(6)8-3-1-2-7-8/h3-4,9,12H,5-8H2,1-2H3;1-4H. The van der Waals surface area contributed by atoms with Gasteiger partial charge in [0.05, 0.1) is 11.4 Å².